The lowest BCUT2D eigenvalue weighted by Crippen LogP contribution is -2.57. The van der Waals surface area contributed by atoms with Crippen molar-refractivity contribution in [1.82, 2.24) is 4.48 Å². The van der Waals surface area contributed by atoms with Gasteiger partial charge in [0.25, 0.3) is 0 Å². The summed E-state index contributed by atoms with van der Waals surface area (Å²) in [6, 6.07) is 36.0. The fraction of sp³-hybridized carbons (Fsp3) is 0.135. The van der Waals surface area contributed by atoms with Crippen molar-refractivity contribution >= 4 is 77.4 Å². The first-order valence-electron chi connectivity index (χ1n) is 15.1. The largest absolute Gasteiger partial charge is 0.453 e. The van der Waals surface area contributed by atoms with E-state index in [2.05, 4.69) is 113 Å². The van der Waals surface area contributed by atoms with Crippen LogP contribution in [0.4, 0.5) is 17.1 Å². The van der Waals surface area contributed by atoms with Crippen molar-refractivity contribution in [3.8, 4) is 22.6 Å². The van der Waals surface area contributed by atoms with E-state index in [4.69, 9.17) is 4.74 Å². The van der Waals surface area contributed by atoms with Gasteiger partial charge in [-0.2, -0.15) is 0 Å². The third-order valence-electron chi connectivity index (χ3n) is 9.57. The highest BCUT2D eigenvalue weighted by Crippen LogP contribution is 2.54. The molecule has 0 aliphatic carbocycles. The standard InChI is InChI=1S/C37H27BN2OS/c1-2-3-4-11-22-20-26-23-13-9-14-25-33-24-12-5-8-19-32(24)42-37(33)40(35(23)25)38-27-15-10-18-31-36(27)39(29(21-22)34(26)38)28-16-6-7-17-30(28)41-31/h5-10,12-21H,2-4,11H2,1H3. The van der Waals surface area contributed by atoms with E-state index in [1.165, 1.54) is 89.5 Å². The smallest absolute Gasteiger partial charge is 0.333 e. The molecule has 0 saturated heterocycles. The quantitative estimate of drug-likeness (QED) is 0.158. The molecule has 3 nitrogen and oxygen atoms in total. The van der Waals surface area contributed by atoms with Gasteiger partial charge in [-0.05, 0) is 65.2 Å². The number of thiophene rings is 1. The number of nitrogens with zero attached hydrogens (tertiary/aromatic N) is 2. The van der Waals surface area contributed by atoms with Crippen molar-refractivity contribution in [2.45, 2.75) is 32.6 Å². The molecule has 0 spiro atoms. The number of para-hydroxylation sites is 4. The predicted molar refractivity (Wildman–Crippen MR) is 179 cm³/mol. The van der Waals surface area contributed by atoms with Crippen LogP contribution in [0.3, 0.4) is 0 Å². The zero-order valence-electron chi connectivity index (χ0n) is 23.4. The zero-order valence-corrected chi connectivity index (χ0v) is 24.2. The number of aromatic nitrogens is 1. The summed E-state index contributed by atoms with van der Waals surface area (Å²) in [6.45, 7) is 2.36. The summed E-state index contributed by atoms with van der Waals surface area (Å²) in [5.41, 5.74) is 11.8. The molecule has 0 fully saturated rings. The van der Waals surface area contributed by atoms with Gasteiger partial charge in [-0.25, -0.2) is 0 Å². The average Bonchev–Trinajstić information content (AvgIpc) is 3.56. The Labute approximate surface area is 248 Å². The molecule has 0 amide bonds. The molecule has 42 heavy (non-hydrogen) atoms. The summed E-state index contributed by atoms with van der Waals surface area (Å²) in [5.74, 6) is 1.85. The number of hydrogen-bond donors (Lipinski definition) is 0. The maximum Gasteiger partial charge on any atom is 0.333 e. The lowest BCUT2D eigenvalue weighted by Gasteiger charge is -2.43. The number of aryl methyl sites for hydroxylation is 1. The maximum atomic E-state index is 6.60. The minimum absolute atomic E-state index is 0.0720. The number of benzene rings is 5. The first kappa shape index (κ1) is 23.1. The second-order valence-electron chi connectivity index (χ2n) is 11.9. The molecular formula is C37H27BN2OS. The third-order valence-corrected chi connectivity index (χ3v) is 10.7. The summed E-state index contributed by atoms with van der Waals surface area (Å²) < 4.78 is 10.6. The van der Waals surface area contributed by atoms with Crippen LogP contribution >= 0.6 is 11.3 Å². The van der Waals surface area contributed by atoms with Gasteiger partial charge in [-0.1, -0.05) is 86.5 Å². The molecule has 0 N–H and O–H groups in total. The van der Waals surface area contributed by atoms with E-state index in [1.54, 1.807) is 0 Å². The highest BCUT2D eigenvalue weighted by atomic mass is 32.1. The molecule has 5 heteroatoms. The monoisotopic (exact) mass is 558 g/mol. The number of fused-ring (bicyclic) bond motifs is 11. The minimum atomic E-state index is 0.0720. The Morgan fingerprint density at radius 1 is 0.762 bits per heavy atom. The van der Waals surface area contributed by atoms with E-state index in [9.17, 15) is 0 Å². The first-order valence-corrected chi connectivity index (χ1v) is 15.9. The molecular weight excluding hydrogens is 531 g/mol. The normalized spacial score (nSPS) is 13.8. The van der Waals surface area contributed by atoms with Crippen molar-refractivity contribution in [3.63, 3.8) is 0 Å². The molecule has 5 aromatic carbocycles. The summed E-state index contributed by atoms with van der Waals surface area (Å²) in [5, 5.41) is 4.10. The van der Waals surface area contributed by atoms with E-state index >= 15 is 0 Å². The van der Waals surface area contributed by atoms with Crippen LogP contribution in [-0.2, 0) is 6.42 Å². The Bertz CT molecular complexity index is 2280. The maximum absolute atomic E-state index is 6.60. The Morgan fingerprint density at radius 3 is 2.55 bits per heavy atom. The van der Waals surface area contributed by atoms with Crippen LogP contribution in [0.1, 0.15) is 31.7 Å². The SMILES string of the molecule is CCCCCc1cc2c3c(c1)N1c4ccccc4Oc4cccc(c41)B3n1c3sc4ccccc4c3c3cccc-2c31. The second-order valence-corrected chi connectivity index (χ2v) is 12.9. The molecule has 0 radical (unpaired) electrons. The molecule has 0 bridgehead atoms. The molecule has 3 aliphatic rings. The molecule has 7 aromatic rings. The van der Waals surface area contributed by atoms with Crippen LogP contribution in [0.25, 0.3) is 42.3 Å². The lowest BCUT2D eigenvalue weighted by atomic mass is 9.45. The molecule has 5 heterocycles. The van der Waals surface area contributed by atoms with Gasteiger partial charge in [0.2, 0.25) is 0 Å². The molecule has 0 saturated carbocycles. The Morgan fingerprint density at radius 2 is 1.60 bits per heavy atom. The van der Waals surface area contributed by atoms with Crippen LogP contribution in [0.2, 0.25) is 0 Å². The van der Waals surface area contributed by atoms with Crippen molar-refractivity contribution < 1.29 is 4.74 Å². The van der Waals surface area contributed by atoms with Gasteiger partial charge < -0.3 is 14.1 Å². The van der Waals surface area contributed by atoms with Crippen molar-refractivity contribution in [3.05, 3.63) is 103 Å². The van der Waals surface area contributed by atoms with Crippen LogP contribution in [0.5, 0.6) is 11.5 Å². The van der Waals surface area contributed by atoms with Crippen molar-refractivity contribution in [2.24, 2.45) is 0 Å². The van der Waals surface area contributed by atoms with Gasteiger partial charge in [-0.15, -0.1) is 11.3 Å². The van der Waals surface area contributed by atoms with E-state index in [0.29, 0.717) is 0 Å². The topological polar surface area (TPSA) is 17.4 Å². The molecule has 200 valence electrons. The fourth-order valence-electron chi connectivity index (χ4n) is 7.87. The molecule has 10 rings (SSSR count). The molecule has 0 unspecified atom stereocenters. The van der Waals surface area contributed by atoms with Crippen molar-refractivity contribution in [1.29, 1.82) is 0 Å². The number of rotatable bonds is 4. The van der Waals surface area contributed by atoms with Gasteiger partial charge in [0.15, 0.2) is 11.5 Å². The first-order chi connectivity index (χ1) is 20.8. The van der Waals surface area contributed by atoms with Gasteiger partial charge in [0.1, 0.15) is 0 Å². The Kier molecular flexibility index (Phi) is 4.57. The number of ether oxygens (including phenoxy) is 1. The van der Waals surface area contributed by atoms with Gasteiger partial charge >= 0.3 is 6.85 Å². The van der Waals surface area contributed by atoms with Gasteiger partial charge in [0, 0.05) is 37.6 Å². The average molecular weight is 559 g/mol. The van der Waals surface area contributed by atoms with Crippen LogP contribution in [0, 0.1) is 0 Å². The highest BCUT2D eigenvalue weighted by Gasteiger charge is 2.45. The van der Waals surface area contributed by atoms with Crippen molar-refractivity contribution in [2.75, 3.05) is 4.90 Å². The van der Waals surface area contributed by atoms with E-state index in [-0.39, 0.29) is 6.85 Å². The third kappa shape index (κ3) is 2.82. The summed E-state index contributed by atoms with van der Waals surface area (Å²) >= 11 is 1.93. The minimum Gasteiger partial charge on any atom is -0.453 e. The van der Waals surface area contributed by atoms with E-state index < -0.39 is 0 Å². The Balaban J connectivity index is 1.37. The zero-order chi connectivity index (χ0) is 27.5. The lowest BCUT2D eigenvalue weighted by molar-refractivity contribution is 0.477. The molecule has 3 aliphatic heterocycles. The summed E-state index contributed by atoms with van der Waals surface area (Å²) in [6.07, 6.45) is 4.78. The van der Waals surface area contributed by atoms with E-state index in [0.717, 1.165) is 23.6 Å². The second kappa shape index (κ2) is 8.30. The van der Waals surface area contributed by atoms with Crippen LogP contribution in [-0.4, -0.2) is 11.3 Å². The van der Waals surface area contributed by atoms with Crippen LogP contribution in [0.15, 0.2) is 97.1 Å². The summed E-state index contributed by atoms with van der Waals surface area (Å²) in [7, 11) is 0. The van der Waals surface area contributed by atoms with Gasteiger partial charge in [0.05, 0.1) is 16.2 Å². The Hall–Kier alpha value is -4.48. The predicted octanol–water partition coefficient (Wildman–Crippen LogP) is 9.27. The van der Waals surface area contributed by atoms with Crippen LogP contribution < -0.4 is 20.6 Å². The number of anilines is 3. The molecule has 0 atom stereocenters. The fourth-order valence-corrected chi connectivity index (χ4v) is 9.12. The van der Waals surface area contributed by atoms with Gasteiger partial charge in [-0.3, -0.25) is 0 Å². The molecule has 2 aromatic heterocycles. The number of unbranched alkanes of at least 4 members (excludes halogenated alkanes) is 2. The summed E-state index contributed by atoms with van der Waals surface area (Å²) in [4.78, 5) is 3.86. The van der Waals surface area contributed by atoms with E-state index in [1.807, 2.05) is 11.3 Å². The number of hydrogen-bond acceptors (Lipinski definition) is 3. The highest BCUT2D eigenvalue weighted by molar-refractivity contribution is 7.26.